The van der Waals surface area contributed by atoms with Gasteiger partial charge in [-0.05, 0) is 44.3 Å². The molecule has 2 aliphatic rings. The minimum absolute atomic E-state index is 0.395. The van der Waals surface area contributed by atoms with Crippen molar-refractivity contribution in [3.8, 4) is 0 Å². The first-order valence-electron chi connectivity index (χ1n) is 9.60. The van der Waals surface area contributed by atoms with Crippen LogP contribution in [-0.4, -0.2) is 62.5 Å². The van der Waals surface area contributed by atoms with Crippen LogP contribution in [0.3, 0.4) is 0 Å². The Morgan fingerprint density at radius 2 is 2.08 bits per heavy atom. The molecule has 1 aliphatic heterocycles. The molecule has 0 aromatic heterocycles. The van der Waals surface area contributed by atoms with E-state index in [1.165, 1.54) is 31.4 Å². The van der Waals surface area contributed by atoms with Gasteiger partial charge in [-0.15, -0.1) is 0 Å². The average Bonchev–Trinajstić information content (AvgIpc) is 2.62. The van der Waals surface area contributed by atoms with Gasteiger partial charge in [0.2, 0.25) is 0 Å². The van der Waals surface area contributed by atoms with Crippen molar-refractivity contribution >= 4 is 17.7 Å². The van der Waals surface area contributed by atoms with Crippen LogP contribution in [-0.2, 0) is 9.47 Å². The van der Waals surface area contributed by atoms with Crippen molar-refractivity contribution in [2.45, 2.75) is 69.3 Å². The van der Waals surface area contributed by atoms with E-state index in [4.69, 9.17) is 9.47 Å². The lowest BCUT2D eigenvalue weighted by atomic mass is 9.95. The quantitative estimate of drug-likeness (QED) is 0.397. The van der Waals surface area contributed by atoms with Gasteiger partial charge in [-0.1, -0.05) is 13.3 Å². The van der Waals surface area contributed by atoms with Gasteiger partial charge in [0, 0.05) is 44.7 Å². The first-order valence-corrected chi connectivity index (χ1v) is 10.6. The van der Waals surface area contributed by atoms with E-state index >= 15 is 0 Å². The second-order valence-electron chi connectivity index (χ2n) is 6.62. The van der Waals surface area contributed by atoms with E-state index in [0.29, 0.717) is 12.1 Å². The van der Waals surface area contributed by atoms with Gasteiger partial charge in [-0.25, -0.2) is 0 Å². The lowest BCUT2D eigenvalue weighted by Crippen LogP contribution is -2.46. The Bertz CT molecular complexity index is 360. The van der Waals surface area contributed by atoms with Gasteiger partial charge < -0.3 is 20.1 Å². The fourth-order valence-electron chi connectivity index (χ4n) is 3.42. The maximum Gasteiger partial charge on any atom is 0.191 e. The van der Waals surface area contributed by atoms with Gasteiger partial charge in [-0.3, -0.25) is 4.99 Å². The molecule has 1 saturated heterocycles. The number of nitrogens with one attached hydrogen (secondary N) is 2. The number of thioether (sulfide) groups is 1. The molecule has 1 aliphatic carbocycles. The van der Waals surface area contributed by atoms with Crippen molar-refractivity contribution in [2.24, 2.45) is 4.99 Å². The van der Waals surface area contributed by atoms with Crippen molar-refractivity contribution in [3.63, 3.8) is 0 Å². The first kappa shape index (κ1) is 19.9. The number of hydrogen-bond donors (Lipinski definition) is 2. The first-order chi connectivity index (χ1) is 11.8. The van der Waals surface area contributed by atoms with E-state index in [1.807, 2.05) is 7.05 Å². The Hall–Kier alpha value is -0.460. The lowest BCUT2D eigenvalue weighted by molar-refractivity contribution is -0.0320. The fourth-order valence-corrected chi connectivity index (χ4v) is 4.60. The number of guanidine groups is 1. The Kier molecular flexibility index (Phi) is 9.92. The molecule has 2 rings (SSSR count). The molecule has 24 heavy (non-hydrogen) atoms. The molecule has 2 unspecified atom stereocenters. The van der Waals surface area contributed by atoms with Gasteiger partial charge >= 0.3 is 0 Å². The normalized spacial score (nSPS) is 26.3. The van der Waals surface area contributed by atoms with E-state index in [-0.39, 0.29) is 0 Å². The van der Waals surface area contributed by atoms with Crippen LogP contribution < -0.4 is 10.6 Å². The van der Waals surface area contributed by atoms with Gasteiger partial charge in [0.05, 0.1) is 6.10 Å². The van der Waals surface area contributed by atoms with E-state index < -0.39 is 0 Å². The van der Waals surface area contributed by atoms with Crippen molar-refractivity contribution in [1.29, 1.82) is 0 Å². The maximum atomic E-state index is 5.91. The molecule has 0 radical (unpaired) electrons. The summed E-state index contributed by atoms with van der Waals surface area (Å²) in [5.74, 6) is 2.16. The molecule has 0 aromatic carbocycles. The zero-order valence-electron chi connectivity index (χ0n) is 15.4. The second-order valence-corrected chi connectivity index (χ2v) is 8.20. The molecule has 2 N–H and O–H groups in total. The van der Waals surface area contributed by atoms with Crippen LogP contribution in [0.2, 0.25) is 0 Å². The topological polar surface area (TPSA) is 54.9 Å². The highest BCUT2D eigenvalue weighted by Gasteiger charge is 2.22. The molecular weight excluding hydrogens is 322 g/mol. The van der Waals surface area contributed by atoms with Crippen LogP contribution in [0.1, 0.15) is 51.9 Å². The van der Waals surface area contributed by atoms with Crippen molar-refractivity contribution in [3.05, 3.63) is 0 Å². The van der Waals surface area contributed by atoms with E-state index in [2.05, 4.69) is 34.3 Å². The Morgan fingerprint density at radius 1 is 1.25 bits per heavy atom. The second kappa shape index (κ2) is 12.0. The Labute approximate surface area is 151 Å². The molecule has 0 amide bonds. The summed E-state index contributed by atoms with van der Waals surface area (Å²) in [7, 11) is 1.86. The molecule has 6 heteroatoms. The van der Waals surface area contributed by atoms with Gasteiger partial charge in [-0.2, -0.15) is 11.8 Å². The third-order valence-corrected chi connectivity index (χ3v) is 5.96. The zero-order chi connectivity index (χ0) is 17.0. The third-order valence-electron chi connectivity index (χ3n) is 4.73. The van der Waals surface area contributed by atoms with Crippen LogP contribution in [0.15, 0.2) is 4.99 Å². The highest BCUT2D eigenvalue weighted by Crippen LogP contribution is 2.28. The predicted molar refractivity (Wildman–Crippen MR) is 103 cm³/mol. The molecule has 140 valence electrons. The number of ether oxygens (including phenoxy) is 2. The molecule has 2 fully saturated rings. The zero-order valence-corrected chi connectivity index (χ0v) is 16.2. The van der Waals surface area contributed by atoms with Crippen LogP contribution in [0.5, 0.6) is 0 Å². The number of hydrogen-bond acceptors (Lipinski definition) is 4. The van der Waals surface area contributed by atoms with E-state index in [0.717, 1.165) is 56.8 Å². The lowest BCUT2D eigenvalue weighted by Gasteiger charge is -2.30. The number of rotatable bonds is 8. The van der Waals surface area contributed by atoms with Crippen LogP contribution in [0.4, 0.5) is 0 Å². The molecule has 1 heterocycles. The monoisotopic (exact) mass is 357 g/mol. The minimum atomic E-state index is 0.395. The highest BCUT2D eigenvalue weighted by molar-refractivity contribution is 7.99. The summed E-state index contributed by atoms with van der Waals surface area (Å²) in [5, 5.41) is 7.84. The Balaban J connectivity index is 1.56. The number of aliphatic imine (C=N–C) groups is 1. The van der Waals surface area contributed by atoms with Crippen molar-refractivity contribution < 1.29 is 9.47 Å². The van der Waals surface area contributed by atoms with Crippen molar-refractivity contribution in [2.75, 3.05) is 39.2 Å². The van der Waals surface area contributed by atoms with E-state index in [1.54, 1.807) is 0 Å². The fraction of sp³-hybridized carbons (Fsp3) is 0.944. The summed E-state index contributed by atoms with van der Waals surface area (Å²) < 4.78 is 11.3. The minimum Gasteiger partial charge on any atom is -0.381 e. The smallest absolute Gasteiger partial charge is 0.191 e. The maximum absolute atomic E-state index is 5.91. The average molecular weight is 358 g/mol. The Morgan fingerprint density at radius 3 is 2.83 bits per heavy atom. The molecule has 0 bridgehead atoms. The molecule has 1 saturated carbocycles. The van der Waals surface area contributed by atoms with E-state index in [9.17, 15) is 0 Å². The number of nitrogens with zero attached hydrogens (tertiary/aromatic N) is 1. The standard InChI is InChI=1S/C18H35N3O2S/c1-3-24-17-7-4-6-15(14-17)21-18(19-2)20-10-5-11-23-16-8-12-22-13-9-16/h15-17H,3-14H2,1-2H3,(H2,19,20,21). The molecular formula is C18H35N3O2S. The molecule has 2 atom stereocenters. The predicted octanol–water partition coefficient (Wildman–Crippen LogP) is 2.80. The van der Waals surface area contributed by atoms with Crippen LogP contribution in [0, 0.1) is 0 Å². The summed E-state index contributed by atoms with van der Waals surface area (Å²) in [5.41, 5.74) is 0. The largest absolute Gasteiger partial charge is 0.381 e. The molecule has 5 nitrogen and oxygen atoms in total. The summed E-state index contributed by atoms with van der Waals surface area (Å²) in [6, 6.07) is 0.562. The van der Waals surface area contributed by atoms with Gasteiger partial charge in [0.15, 0.2) is 5.96 Å². The van der Waals surface area contributed by atoms with Crippen LogP contribution in [0.25, 0.3) is 0 Å². The summed E-state index contributed by atoms with van der Waals surface area (Å²) in [6.45, 7) is 5.66. The van der Waals surface area contributed by atoms with Gasteiger partial charge in [0.1, 0.15) is 0 Å². The molecule has 0 spiro atoms. The van der Waals surface area contributed by atoms with Gasteiger partial charge in [0.25, 0.3) is 0 Å². The third kappa shape index (κ3) is 7.62. The highest BCUT2D eigenvalue weighted by atomic mass is 32.2. The van der Waals surface area contributed by atoms with Crippen molar-refractivity contribution in [1.82, 2.24) is 10.6 Å². The SMILES string of the molecule is CCSC1CCCC(NC(=NC)NCCCOC2CCOCC2)C1. The molecule has 0 aromatic rings. The summed E-state index contributed by atoms with van der Waals surface area (Å²) in [6.07, 6.45) is 8.69. The summed E-state index contributed by atoms with van der Waals surface area (Å²) in [4.78, 5) is 4.37. The summed E-state index contributed by atoms with van der Waals surface area (Å²) >= 11 is 2.10. The van der Waals surface area contributed by atoms with Crippen LogP contribution >= 0.6 is 11.8 Å².